The molecule has 0 bridgehead atoms. The van der Waals surface area contributed by atoms with Crippen LogP contribution in [-0.2, 0) is 27.5 Å². The van der Waals surface area contributed by atoms with Crippen LogP contribution in [0.4, 0.5) is 0 Å². The van der Waals surface area contributed by atoms with Crippen molar-refractivity contribution in [3.8, 4) is 0 Å². The molecule has 0 saturated heterocycles. The molecule has 4 nitrogen and oxygen atoms in total. The maximum Gasteiger partial charge on any atom is 0.297 e. The van der Waals surface area contributed by atoms with E-state index in [1.165, 1.54) is 12.1 Å². The lowest BCUT2D eigenvalue weighted by Gasteiger charge is -2.06. The van der Waals surface area contributed by atoms with E-state index in [0.717, 1.165) is 5.56 Å². The summed E-state index contributed by atoms with van der Waals surface area (Å²) in [5.41, 5.74) is 1.42. The number of hydrogen-bond donors (Lipinski definition) is 1. The van der Waals surface area contributed by atoms with Crippen molar-refractivity contribution in [3.63, 3.8) is 0 Å². The Morgan fingerprint density at radius 2 is 1.63 bits per heavy atom. The summed E-state index contributed by atoms with van der Waals surface area (Å²) in [6.45, 7) is -0.135. The van der Waals surface area contributed by atoms with Crippen molar-refractivity contribution < 1.29 is 17.7 Å². The van der Waals surface area contributed by atoms with E-state index in [-0.39, 0.29) is 18.1 Å². The predicted molar refractivity (Wildman–Crippen MR) is 70.8 cm³/mol. The van der Waals surface area contributed by atoms with Gasteiger partial charge in [0.15, 0.2) is 0 Å². The summed E-state index contributed by atoms with van der Waals surface area (Å²) in [5, 5.41) is 9.01. The average molecular weight is 278 g/mol. The van der Waals surface area contributed by atoms with Crippen molar-refractivity contribution in [1.29, 1.82) is 0 Å². The number of rotatable bonds is 5. The van der Waals surface area contributed by atoms with Gasteiger partial charge < -0.3 is 5.11 Å². The Bertz CT molecular complexity index is 636. The maximum absolute atomic E-state index is 11.9. The van der Waals surface area contributed by atoms with Gasteiger partial charge in [0.05, 0.1) is 18.1 Å². The summed E-state index contributed by atoms with van der Waals surface area (Å²) >= 11 is 0. The van der Waals surface area contributed by atoms with E-state index in [2.05, 4.69) is 0 Å². The highest BCUT2D eigenvalue weighted by Crippen LogP contribution is 2.14. The quantitative estimate of drug-likeness (QED) is 0.851. The second-order valence-corrected chi connectivity index (χ2v) is 5.62. The third kappa shape index (κ3) is 3.64. The van der Waals surface area contributed by atoms with Gasteiger partial charge in [0.1, 0.15) is 0 Å². The molecule has 0 spiro atoms. The van der Waals surface area contributed by atoms with Crippen LogP contribution in [-0.4, -0.2) is 13.5 Å². The standard InChI is InChI=1S/C14H14O4S/c15-10-12-5-4-6-13(9-12)11-18-19(16,17)14-7-2-1-3-8-14/h1-9,15H,10-11H2. The van der Waals surface area contributed by atoms with Crippen LogP contribution in [0.2, 0.25) is 0 Å². The van der Waals surface area contributed by atoms with Gasteiger partial charge in [-0.3, -0.25) is 4.18 Å². The summed E-state index contributed by atoms with van der Waals surface area (Å²) < 4.78 is 28.8. The van der Waals surface area contributed by atoms with Gasteiger partial charge in [-0.25, -0.2) is 0 Å². The van der Waals surface area contributed by atoms with Gasteiger partial charge in [-0.1, -0.05) is 42.5 Å². The van der Waals surface area contributed by atoms with Crippen molar-refractivity contribution in [2.75, 3.05) is 0 Å². The maximum atomic E-state index is 11.9. The van der Waals surface area contributed by atoms with E-state index in [0.29, 0.717) is 5.56 Å². The fourth-order valence-corrected chi connectivity index (χ4v) is 2.54. The van der Waals surface area contributed by atoms with Gasteiger partial charge in [-0.05, 0) is 23.3 Å². The third-order valence-electron chi connectivity index (χ3n) is 2.59. The highest BCUT2D eigenvalue weighted by Gasteiger charge is 2.14. The van der Waals surface area contributed by atoms with E-state index in [1.54, 1.807) is 42.5 Å². The normalized spacial score (nSPS) is 11.4. The molecule has 0 atom stereocenters. The second kappa shape index (κ2) is 5.97. The minimum Gasteiger partial charge on any atom is -0.392 e. The lowest BCUT2D eigenvalue weighted by atomic mass is 10.1. The lowest BCUT2D eigenvalue weighted by Crippen LogP contribution is -2.06. The Kier molecular flexibility index (Phi) is 4.31. The van der Waals surface area contributed by atoms with E-state index in [9.17, 15) is 8.42 Å². The Hall–Kier alpha value is -1.69. The molecule has 2 aromatic carbocycles. The Balaban J connectivity index is 2.10. The Morgan fingerprint density at radius 1 is 0.947 bits per heavy atom. The van der Waals surface area contributed by atoms with Gasteiger partial charge in [0.25, 0.3) is 10.1 Å². The number of aliphatic hydroxyl groups excluding tert-OH is 1. The molecule has 0 amide bonds. The van der Waals surface area contributed by atoms with Gasteiger partial charge in [-0.2, -0.15) is 8.42 Å². The number of hydrogen-bond acceptors (Lipinski definition) is 4. The molecule has 5 heteroatoms. The molecule has 0 aliphatic heterocycles. The van der Waals surface area contributed by atoms with Crippen LogP contribution in [0.3, 0.4) is 0 Å². The lowest BCUT2D eigenvalue weighted by molar-refractivity contribution is 0.280. The number of aliphatic hydroxyl groups is 1. The molecule has 0 aliphatic rings. The summed E-state index contributed by atoms with van der Waals surface area (Å²) in [7, 11) is -3.74. The molecular weight excluding hydrogens is 264 g/mol. The molecule has 2 aromatic rings. The molecule has 0 aliphatic carbocycles. The van der Waals surface area contributed by atoms with Crippen molar-refractivity contribution >= 4 is 10.1 Å². The Morgan fingerprint density at radius 3 is 2.32 bits per heavy atom. The van der Waals surface area contributed by atoms with Gasteiger partial charge in [-0.15, -0.1) is 0 Å². The molecule has 0 saturated carbocycles. The van der Waals surface area contributed by atoms with E-state index < -0.39 is 10.1 Å². The van der Waals surface area contributed by atoms with Crippen LogP contribution in [0.25, 0.3) is 0 Å². The van der Waals surface area contributed by atoms with Crippen LogP contribution in [0.15, 0.2) is 59.5 Å². The molecular formula is C14H14O4S. The first kappa shape index (κ1) is 13.7. The first-order valence-corrected chi connectivity index (χ1v) is 7.16. The Labute approximate surface area is 112 Å². The monoisotopic (exact) mass is 278 g/mol. The first-order chi connectivity index (χ1) is 9.12. The van der Waals surface area contributed by atoms with Crippen LogP contribution in [0, 0.1) is 0 Å². The van der Waals surface area contributed by atoms with E-state index >= 15 is 0 Å². The summed E-state index contributed by atoms with van der Waals surface area (Å²) in [5.74, 6) is 0. The van der Waals surface area contributed by atoms with Crippen molar-refractivity contribution in [2.24, 2.45) is 0 Å². The first-order valence-electron chi connectivity index (χ1n) is 5.75. The fourth-order valence-electron chi connectivity index (χ4n) is 1.62. The highest BCUT2D eigenvalue weighted by molar-refractivity contribution is 7.86. The van der Waals surface area contributed by atoms with Gasteiger partial charge in [0.2, 0.25) is 0 Å². The zero-order valence-electron chi connectivity index (χ0n) is 10.2. The SMILES string of the molecule is O=S(=O)(OCc1cccc(CO)c1)c1ccccc1. The molecule has 0 aromatic heterocycles. The molecule has 2 rings (SSSR count). The zero-order valence-corrected chi connectivity index (χ0v) is 11.0. The van der Waals surface area contributed by atoms with Gasteiger partial charge >= 0.3 is 0 Å². The fraction of sp³-hybridized carbons (Fsp3) is 0.143. The van der Waals surface area contributed by atoms with Gasteiger partial charge in [0, 0.05) is 0 Å². The smallest absolute Gasteiger partial charge is 0.297 e. The van der Waals surface area contributed by atoms with Crippen molar-refractivity contribution in [2.45, 2.75) is 18.1 Å². The van der Waals surface area contributed by atoms with Crippen molar-refractivity contribution in [1.82, 2.24) is 0 Å². The van der Waals surface area contributed by atoms with Crippen LogP contribution in [0.5, 0.6) is 0 Å². The minimum absolute atomic E-state index is 0.0505. The molecule has 1 N–H and O–H groups in total. The molecule has 0 heterocycles. The van der Waals surface area contributed by atoms with E-state index in [4.69, 9.17) is 9.29 Å². The molecule has 100 valence electrons. The third-order valence-corrected chi connectivity index (χ3v) is 3.86. The second-order valence-electron chi connectivity index (χ2n) is 4.01. The summed E-state index contributed by atoms with van der Waals surface area (Å²) in [6.07, 6.45) is 0. The average Bonchev–Trinajstić information content (AvgIpc) is 2.46. The number of benzene rings is 2. The van der Waals surface area contributed by atoms with E-state index in [1.807, 2.05) is 0 Å². The largest absolute Gasteiger partial charge is 0.392 e. The zero-order chi connectivity index (χ0) is 13.7. The van der Waals surface area contributed by atoms with Crippen LogP contribution in [0.1, 0.15) is 11.1 Å². The highest BCUT2D eigenvalue weighted by atomic mass is 32.2. The van der Waals surface area contributed by atoms with Crippen LogP contribution >= 0.6 is 0 Å². The topological polar surface area (TPSA) is 63.6 Å². The van der Waals surface area contributed by atoms with Crippen molar-refractivity contribution in [3.05, 3.63) is 65.7 Å². The summed E-state index contributed by atoms with van der Waals surface area (Å²) in [6, 6.07) is 15.0. The predicted octanol–water partition coefficient (Wildman–Crippen LogP) is 2.08. The molecule has 0 radical (unpaired) electrons. The minimum atomic E-state index is -3.74. The molecule has 0 unspecified atom stereocenters. The molecule has 0 fully saturated rings. The van der Waals surface area contributed by atoms with Crippen LogP contribution < -0.4 is 0 Å². The molecule has 19 heavy (non-hydrogen) atoms. The summed E-state index contributed by atoms with van der Waals surface area (Å²) in [4.78, 5) is 0.133.